The number of rotatable bonds is 5. The van der Waals surface area contributed by atoms with E-state index in [4.69, 9.17) is 4.74 Å². The highest BCUT2D eigenvalue weighted by molar-refractivity contribution is 14.0. The summed E-state index contributed by atoms with van der Waals surface area (Å²) < 4.78 is 7.47. The van der Waals surface area contributed by atoms with Crippen molar-refractivity contribution in [2.24, 2.45) is 4.99 Å². The molecule has 7 heteroatoms. The standard InChI is InChI=1S/C16H25N5O.HI/c1-12-7-6-8-14-20-13(10-21(12)14)9-18-15(17-4)19-11-16(2,3)22-5;/h6-8,10H,9,11H2,1-5H3,(H2,17,18,19);1H. The Labute approximate surface area is 154 Å². The van der Waals surface area contributed by atoms with E-state index in [0.717, 1.165) is 17.3 Å². The molecule has 0 fully saturated rings. The fourth-order valence-corrected chi connectivity index (χ4v) is 2.05. The van der Waals surface area contributed by atoms with Gasteiger partial charge in [0.05, 0.1) is 17.8 Å². The molecule has 0 aromatic carbocycles. The lowest BCUT2D eigenvalue weighted by Gasteiger charge is -2.24. The number of fused-ring (bicyclic) bond motifs is 1. The molecule has 0 aliphatic rings. The topological polar surface area (TPSA) is 63.0 Å². The van der Waals surface area contributed by atoms with E-state index < -0.39 is 0 Å². The number of nitrogens with zero attached hydrogens (tertiary/aromatic N) is 3. The highest BCUT2D eigenvalue weighted by Crippen LogP contribution is 2.08. The van der Waals surface area contributed by atoms with Gasteiger partial charge in [0.2, 0.25) is 0 Å². The smallest absolute Gasteiger partial charge is 0.191 e. The molecule has 0 radical (unpaired) electrons. The number of methoxy groups -OCH3 is 1. The van der Waals surface area contributed by atoms with Gasteiger partial charge >= 0.3 is 0 Å². The van der Waals surface area contributed by atoms with Crippen molar-refractivity contribution in [3.63, 3.8) is 0 Å². The normalized spacial score (nSPS) is 12.1. The van der Waals surface area contributed by atoms with E-state index in [-0.39, 0.29) is 29.6 Å². The predicted molar refractivity (Wildman–Crippen MR) is 105 cm³/mol. The Morgan fingerprint density at radius 3 is 2.70 bits per heavy atom. The van der Waals surface area contributed by atoms with Gasteiger partial charge in [-0.1, -0.05) is 6.07 Å². The minimum absolute atomic E-state index is 0. The summed E-state index contributed by atoms with van der Waals surface area (Å²) in [6.45, 7) is 7.41. The Kier molecular flexibility index (Phi) is 7.27. The Bertz CT molecular complexity index is 666. The largest absolute Gasteiger partial charge is 0.377 e. The molecule has 0 unspecified atom stereocenters. The third-order valence-electron chi connectivity index (χ3n) is 3.64. The van der Waals surface area contributed by atoms with Crippen LogP contribution >= 0.6 is 24.0 Å². The van der Waals surface area contributed by atoms with Crippen molar-refractivity contribution >= 4 is 35.6 Å². The zero-order valence-electron chi connectivity index (χ0n) is 14.4. The van der Waals surface area contributed by atoms with E-state index >= 15 is 0 Å². The number of imidazole rings is 1. The van der Waals surface area contributed by atoms with Gasteiger partial charge in [-0.15, -0.1) is 24.0 Å². The summed E-state index contributed by atoms with van der Waals surface area (Å²) >= 11 is 0. The maximum atomic E-state index is 5.39. The summed E-state index contributed by atoms with van der Waals surface area (Å²) in [5.41, 5.74) is 2.86. The molecule has 23 heavy (non-hydrogen) atoms. The van der Waals surface area contributed by atoms with Crippen LogP contribution in [0.4, 0.5) is 0 Å². The van der Waals surface area contributed by atoms with Crippen LogP contribution in [0.15, 0.2) is 29.4 Å². The molecule has 2 heterocycles. The van der Waals surface area contributed by atoms with Crippen molar-refractivity contribution in [1.29, 1.82) is 0 Å². The van der Waals surface area contributed by atoms with E-state index in [9.17, 15) is 0 Å². The molecule has 6 nitrogen and oxygen atoms in total. The van der Waals surface area contributed by atoms with Gasteiger partial charge in [-0.3, -0.25) is 4.99 Å². The van der Waals surface area contributed by atoms with Crippen molar-refractivity contribution in [3.8, 4) is 0 Å². The number of hydrogen-bond acceptors (Lipinski definition) is 3. The zero-order valence-corrected chi connectivity index (χ0v) is 16.7. The lowest BCUT2D eigenvalue weighted by atomic mass is 10.1. The average Bonchev–Trinajstić information content (AvgIpc) is 2.92. The van der Waals surface area contributed by atoms with Gasteiger partial charge in [0.25, 0.3) is 0 Å². The van der Waals surface area contributed by atoms with E-state index in [1.165, 1.54) is 5.69 Å². The summed E-state index contributed by atoms with van der Waals surface area (Å²) in [4.78, 5) is 8.81. The third-order valence-corrected chi connectivity index (χ3v) is 3.64. The molecule has 2 aromatic rings. The number of pyridine rings is 1. The van der Waals surface area contributed by atoms with Crippen LogP contribution in [-0.2, 0) is 11.3 Å². The monoisotopic (exact) mass is 431 g/mol. The van der Waals surface area contributed by atoms with E-state index in [2.05, 4.69) is 38.0 Å². The SMILES string of the molecule is CN=C(NCc1cn2c(C)cccc2n1)NCC(C)(C)OC.I. The molecule has 0 amide bonds. The molecule has 2 N–H and O–H groups in total. The average molecular weight is 431 g/mol. The number of ether oxygens (including phenoxy) is 1. The van der Waals surface area contributed by atoms with Crippen molar-refractivity contribution in [1.82, 2.24) is 20.0 Å². The Balaban J connectivity index is 0.00000264. The van der Waals surface area contributed by atoms with Crippen molar-refractivity contribution in [2.75, 3.05) is 20.7 Å². The molecule has 2 rings (SSSR count). The number of aryl methyl sites for hydroxylation is 1. The summed E-state index contributed by atoms with van der Waals surface area (Å²) in [5.74, 6) is 0.735. The molecular weight excluding hydrogens is 405 g/mol. The Morgan fingerprint density at radius 1 is 1.35 bits per heavy atom. The summed E-state index contributed by atoms with van der Waals surface area (Å²) in [7, 11) is 3.46. The van der Waals surface area contributed by atoms with Crippen LogP contribution in [0.1, 0.15) is 25.2 Å². The van der Waals surface area contributed by atoms with Crippen LogP contribution < -0.4 is 10.6 Å². The maximum Gasteiger partial charge on any atom is 0.191 e. The first-order valence-electron chi connectivity index (χ1n) is 7.38. The predicted octanol–water partition coefficient (Wildman–Crippen LogP) is 2.35. The first-order chi connectivity index (χ1) is 10.4. The van der Waals surface area contributed by atoms with E-state index in [1.54, 1.807) is 14.2 Å². The second-order valence-corrected chi connectivity index (χ2v) is 5.87. The molecule has 128 valence electrons. The maximum absolute atomic E-state index is 5.39. The first kappa shape index (κ1) is 19.7. The van der Waals surface area contributed by atoms with Crippen molar-refractivity contribution < 1.29 is 4.74 Å². The third kappa shape index (κ3) is 5.35. The lowest BCUT2D eigenvalue weighted by Crippen LogP contribution is -2.45. The van der Waals surface area contributed by atoms with E-state index in [1.807, 2.05) is 32.2 Å². The van der Waals surface area contributed by atoms with Gasteiger partial charge < -0.3 is 19.8 Å². The number of aliphatic imine (C=N–C) groups is 1. The van der Waals surface area contributed by atoms with Crippen LogP contribution in [0.2, 0.25) is 0 Å². The highest BCUT2D eigenvalue weighted by Gasteiger charge is 2.16. The van der Waals surface area contributed by atoms with Gasteiger partial charge in [0.15, 0.2) is 5.96 Å². The summed E-state index contributed by atoms with van der Waals surface area (Å²) in [5, 5.41) is 6.53. The van der Waals surface area contributed by atoms with Crippen LogP contribution in [0.3, 0.4) is 0 Å². The molecule has 2 aromatic heterocycles. The molecule has 0 saturated carbocycles. The highest BCUT2D eigenvalue weighted by atomic mass is 127. The first-order valence-corrected chi connectivity index (χ1v) is 7.38. The van der Waals surface area contributed by atoms with E-state index in [0.29, 0.717) is 13.1 Å². The number of aromatic nitrogens is 2. The number of hydrogen-bond donors (Lipinski definition) is 2. The fraction of sp³-hybridized carbons (Fsp3) is 0.500. The minimum atomic E-state index is -0.238. The molecule has 0 aliphatic carbocycles. The zero-order chi connectivity index (χ0) is 16.2. The molecule has 0 spiro atoms. The van der Waals surface area contributed by atoms with Crippen LogP contribution in [-0.4, -0.2) is 41.6 Å². The van der Waals surface area contributed by atoms with Crippen LogP contribution in [0.5, 0.6) is 0 Å². The Hall–Kier alpha value is -1.35. The molecule has 0 atom stereocenters. The van der Waals surface area contributed by atoms with Gasteiger partial charge in [-0.2, -0.15) is 0 Å². The van der Waals surface area contributed by atoms with Crippen molar-refractivity contribution in [3.05, 3.63) is 35.8 Å². The molecule has 0 bridgehead atoms. The lowest BCUT2D eigenvalue weighted by molar-refractivity contribution is 0.0268. The van der Waals surface area contributed by atoms with Gasteiger partial charge in [0.1, 0.15) is 5.65 Å². The van der Waals surface area contributed by atoms with Gasteiger partial charge in [0, 0.05) is 32.6 Å². The molecular formula is C16H26IN5O. The van der Waals surface area contributed by atoms with Gasteiger partial charge in [-0.25, -0.2) is 4.98 Å². The molecule has 0 saturated heterocycles. The van der Waals surface area contributed by atoms with Crippen molar-refractivity contribution in [2.45, 2.75) is 32.9 Å². The second-order valence-electron chi connectivity index (χ2n) is 5.87. The van der Waals surface area contributed by atoms with Gasteiger partial charge in [-0.05, 0) is 32.9 Å². The number of guanidine groups is 1. The number of halogens is 1. The van der Waals surface area contributed by atoms with Crippen LogP contribution in [0.25, 0.3) is 5.65 Å². The summed E-state index contributed by atoms with van der Waals surface area (Å²) in [6.07, 6.45) is 2.05. The minimum Gasteiger partial charge on any atom is -0.377 e. The quantitative estimate of drug-likeness (QED) is 0.434. The van der Waals surface area contributed by atoms with Crippen LogP contribution in [0, 0.1) is 6.92 Å². The molecule has 0 aliphatic heterocycles. The summed E-state index contributed by atoms with van der Waals surface area (Å²) in [6, 6.07) is 6.09. The number of nitrogens with one attached hydrogen (secondary N) is 2. The fourth-order valence-electron chi connectivity index (χ4n) is 2.05. The second kappa shape index (κ2) is 8.49. The Morgan fingerprint density at radius 2 is 2.09 bits per heavy atom.